The van der Waals surface area contributed by atoms with Gasteiger partial charge in [-0.25, -0.2) is 9.97 Å². The van der Waals surface area contributed by atoms with Gasteiger partial charge in [-0.1, -0.05) is 0 Å². The zero-order chi connectivity index (χ0) is 9.80. The van der Waals surface area contributed by atoms with Crippen LogP contribution in [0.1, 0.15) is 6.92 Å². The zero-order valence-corrected chi connectivity index (χ0v) is 8.06. The second kappa shape index (κ2) is 4.23. The lowest BCUT2D eigenvalue weighted by Crippen LogP contribution is -2.38. The van der Waals surface area contributed by atoms with Crippen molar-refractivity contribution in [3.63, 3.8) is 0 Å². The van der Waals surface area contributed by atoms with Crippen molar-refractivity contribution in [2.45, 2.75) is 13.0 Å². The van der Waals surface area contributed by atoms with Gasteiger partial charge in [-0.2, -0.15) is 0 Å². The van der Waals surface area contributed by atoms with E-state index in [-0.39, 0.29) is 6.10 Å². The summed E-state index contributed by atoms with van der Waals surface area (Å²) in [6.45, 7) is 4.16. The van der Waals surface area contributed by atoms with E-state index in [1.54, 1.807) is 6.07 Å². The van der Waals surface area contributed by atoms with E-state index in [4.69, 9.17) is 9.47 Å². The Bertz CT molecular complexity index is 302. The molecule has 0 bridgehead atoms. The van der Waals surface area contributed by atoms with Crippen LogP contribution >= 0.6 is 0 Å². The van der Waals surface area contributed by atoms with Crippen LogP contribution in [0, 0.1) is 0 Å². The van der Waals surface area contributed by atoms with Gasteiger partial charge in [-0.05, 0) is 6.92 Å². The number of rotatable bonds is 4. The molecule has 0 spiro atoms. The number of aromatic nitrogens is 2. The molecule has 5 heteroatoms. The highest BCUT2D eigenvalue weighted by molar-refractivity contribution is 5.36. The van der Waals surface area contributed by atoms with Crippen LogP contribution in [-0.2, 0) is 4.74 Å². The number of ether oxygens (including phenoxy) is 2. The Balaban J connectivity index is 1.97. The van der Waals surface area contributed by atoms with E-state index in [0.717, 1.165) is 12.4 Å². The van der Waals surface area contributed by atoms with E-state index in [2.05, 4.69) is 15.3 Å². The molecule has 2 rings (SSSR count). The first-order valence-corrected chi connectivity index (χ1v) is 4.69. The molecule has 1 aromatic heterocycles. The summed E-state index contributed by atoms with van der Waals surface area (Å²) in [5.41, 5.74) is 0. The summed E-state index contributed by atoms with van der Waals surface area (Å²) in [7, 11) is 0. The lowest BCUT2D eigenvalue weighted by molar-refractivity contribution is -0.0813. The van der Waals surface area contributed by atoms with E-state index in [9.17, 15) is 0 Å². The topological polar surface area (TPSA) is 56.3 Å². The van der Waals surface area contributed by atoms with E-state index in [0.29, 0.717) is 19.1 Å². The fourth-order valence-electron chi connectivity index (χ4n) is 1.13. The third-order valence-electron chi connectivity index (χ3n) is 1.89. The Morgan fingerprint density at radius 3 is 3.07 bits per heavy atom. The van der Waals surface area contributed by atoms with Crippen molar-refractivity contribution in [2.75, 3.05) is 25.1 Å². The van der Waals surface area contributed by atoms with Gasteiger partial charge in [0.25, 0.3) is 0 Å². The normalized spacial score (nSPS) is 16.1. The van der Waals surface area contributed by atoms with Crippen LogP contribution in [0.25, 0.3) is 0 Å². The molecule has 1 aliphatic heterocycles. The minimum atomic E-state index is 0.152. The number of anilines is 1. The molecule has 76 valence electrons. The zero-order valence-electron chi connectivity index (χ0n) is 8.06. The second-order valence-electron chi connectivity index (χ2n) is 3.05. The van der Waals surface area contributed by atoms with Gasteiger partial charge in [-0.15, -0.1) is 0 Å². The molecule has 0 radical (unpaired) electrons. The highest BCUT2D eigenvalue weighted by Gasteiger charge is 2.20. The van der Waals surface area contributed by atoms with Gasteiger partial charge in [0.15, 0.2) is 0 Å². The third kappa shape index (κ3) is 2.11. The van der Waals surface area contributed by atoms with Crippen LogP contribution in [0.5, 0.6) is 5.88 Å². The van der Waals surface area contributed by atoms with Gasteiger partial charge in [0, 0.05) is 12.6 Å². The van der Waals surface area contributed by atoms with E-state index >= 15 is 0 Å². The maximum absolute atomic E-state index is 5.52. The molecular formula is C9H13N3O2. The molecule has 0 atom stereocenters. The minimum Gasteiger partial charge on any atom is -0.469 e. The summed E-state index contributed by atoms with van der Waals surface area (Å²) in [5.74, 6) is 1.39. The van der Waals surface area contributed by atoms with Gasteiger partial charge in [0.05, 0.1) is 13.2 Å². The molecule has 0 saturated carbocycles. The van der Waals surface area contributed by atoms with Gasteiger partial charge < -0.3 is 14.8 Å². The SMILES string of the molecule is CCNc1cc(OC2COC2)ncn1. The highest BCUT2D eigenvalue weighted by Crippen LogP contribution is 2.15. The predicted molar refractivity (Wildman–Crippen MR) is 51.4 cm³/mol. The molecule has 0 amide bonds. The number of nitrogens with zero attached hydrogens (tertiary/aromatic N) is 2. The fourth-order valence-corrected chi connectivity index (χ4v) is 1.13. The standard InChI is InChI=1S/C9H13N3O2/c1-2-10-8-3-9(12-6-11-8)14-7-4-13-5-7/h3,6-7H,2,4-5H2,1H3,(H,10,11,12). The molecule has 1 fully saturated rings. The Kier molecular flexibility index (Phi) is 2.78. The minimum absolute atomic E-state index is 0.152. The molecule has 1 aliphatic rings. The fraction of sp³-hybridized carbons (Fsp3) is 0.556. The van der Waals surface area contributed by atoms with Gasteiger partial charge in [-0.3, -0.25) is 0 Å². The van der Waals surface area contributed by atoms with E-state index in [1.807, 2.05) is 6.92 Å². The van der Waals surface area contributed by atoms with Crippen molar-refractivity contribution >= 4 is 5.82 Å². The molecule has 0 aromatic carbocycles. The van der Waals surface area contributed by atoms with Gasteiger partial charge >= 0.3 is 0 Å². The Morgan fingerprint density at radius 2 is 2.43 bits per heavy atom. The van der Waals surface area contributed by atoms with Crippen molar-refractivity contribution in [2.24, 2.45) is 0 Å². The Morgan fingerprint density at radius 1 is 1.57 bits per heavy atom. The molecular weight excluding hydrogens is 182 g/mol. The monoisotopic (exact) mass is 195 g/mol. The van der Waals surface area contributed by atoms with E-state index in [1.165, 1.54) is 6.33 Å². The summed E-state index contributed by atoms with van der Waals surface area (Å²) in [6.07, 6.45) is 1.65. The molecule has 14 heavy (non-hydrogen) atoms. The van der Waals surface area contributed by atoms with Crippen LogP contribution in [0.2, 0.25) is 0 Å². The van der Waals surface area contributed by atoms with Gasteiger partial charge in [0.2, 0.25) is 5.88 Å². The first-order chi connectivity index (χ1) is 6.88. The lowest BCUT2D eigenvalue weighted by Gasteiger charge is -2.26. The average molecular weight is 195 g/mol. The van der Waals surface area contributed by atoms with Crippen LogP contribution in [-0.4, -0.2) is 35.8 Å². The van der Waals surface area contributed by atoms with Crippen molar-refractivity contribution in [3.05, 3.63) is 12.4 Å². The maximum atomic E-state index is 5.52. The van der Waals surface area contributed by atoms with Crippen molar-refractivity contribution in [1.82, 2.24) is 9.97 Å². The van der Waals surface area contributed by atoms with E-state index < -0.39 is 0 Å². The molecule has 1 saturated heterocycles. The smallest absolute Gasteiger partial charge is 0.218 e. The number of nitrogens with one attached hydrogen (secondary N) is 1. The summed E-state index contributed by atoms with van der Waals surface area (Å²) in [4.78, 5) is 8.06. The maximum Gasteiger partial charge on any atom is 0.218 e. The van der Waals surface area contributed by atoms with Crippen LogP contribution in [0.3, 0.4) is 0 Å². The average Bonchev–Trinajstić information content (AvgIpc) is 2.13. The molecule has 5 nitrogen and oxygen atoms in total. The van der Waals surface area contributed by atoms with Gasteiger partial charge in [0.1, 0.15) is 18.2 Å². The summed E-state index contributed by atoms with van der Waals surface area (Å²) in [6, 6.07) is 1.79. The molecule has 0 unspecified atom stereocenters. The van der Waals surface area contributed by atoms with Crippen LogP contribution < -0.4 is 10.1 Å². The largest absolute Gasteiger partial charge is 0.469 e. The number of hydrogen-bond acceptors (Lipinski definition) is 5. The first kappa shape index (κ1) is 9.21. The molecule has 1 N–H and O–H groups in total. The van der Waals surface area contributed by atoms with Crippen molar-refractivity contribution in [1.29, 1.82) is 0 Å². The molecule has 1 aromatic rings. The van der Waals surface area contributed by atoms with Crippen LogP contribution in [0.15, 0.2) is 12.4 Å². The van der Waals surface area contributed by atoms with Crippen molar-refractivity contribution in [3.8, 4) is 5.88 Å². The quantitative estimate of drug-likeness (QED) is 0.765. The molecule has 2 heterocycles. The summed E-state index contributed by atoms with van der Waals surface area (Å²) in [5, 5.41) is 3.09. The first-order valence-electron chi connectivity index (χ1n) is 4.69. The summed E-state index contributed by atoms with van der Waals surface area (Å²) < 4.78 is 10.5. The van der Waals surface area contributed by atoms with Crippen LogP contribution in [0.4, 0.5) is 5.82 Å². The highest BCUT2D eigenvalue weighted by atomic mass is 16.6. The Labute approximate surface area is 82.5 Å². The number of hydrogen-bond donors (Lipinski definition) is 1. The predicted octanol–water partition coefficient (Wildman–Crippen LogP) is 0.686. The lowest BCUT2D eigenvalue weighted by atomic mass is 10.3. The Hall–Kier alpha value is -1.36. The van der Waals surface area contributed by atoms with Crippen molar-refractivity contribution < 1.29 is 9.47 Å². The molecule has 0 aliphatic carbocycles. The third-order valence-corrected chi connectivity index (χ3v) is 1.89. The summed E-state index contributed by atoms with van der Waals surface area (Å²) >= 11 is 0. The second-order valence-corrected chi connectivity index (χ2v) is 3.05.